The number of esters is 1. The number of nitrogens with one attached hydrogen (secondary N) is 2. The summed E-state index contributed by atoms with van der Waals surface area (Å²) in [6, 6.07) is 7.09. The number of aromatic amines is 2. The average Bonchev–Trinajstić information content (AvgIpc) is 3.21. The first-order valence-corrected chi connectivity index (χ1v) is 7.39. The van der Waals surface area contributed by atoms with Gasteiger partial charge in [0.25, 0.3) is 5.56 Å². The molecule has 0 aliphatic carbocycles. The van der Waals surface area contributed by atoms with Gasteiger partial charge in [0.1, 0.15) is 5.56 Å². The van der Waals surface area contributed by atoms with Crippen LogP contribution in [0.4, 0.5) is 0 Å². The zero-order valence-corrected chi connectivity index (χ0v) is 12.7. The van der Waals surface area contributed by atoms with Crippen molar-refractivity contribution in [2.75, 3.05) is 6.61 Å². The van der Waals surface area contributed by atoms with Gasteiger partial charge in [-0.2, -0.15) is 14.7 Å². The minimum atomic E-state index is -0.523. The van der Waals surface area contributed by atoms with Crippen molar-refractivity contribution < 1.29 is 9.53 Å². The number of carbonyl (C=O) groups is 1. The molecule has 1 aromatic carbocycles. The standard InChI is InChI=1S/C16H13N5O3/c1-2-24-16(23)11-8-18-21-14(22)6-13(19-15(11)21)9-3-4-12-10(5-9)7-17-20-12/h3-8,19H,2H2,1H3,(H,17,20). The predicted molar refractivity (Wildman–Crippen MR) is 86.9 cm³/mol. The van der Waals surface area contributed by atoms with Crippen molar-refractivity contribution in [1.82, 2.24) is 24.8 Å². The molecule has 0 bridgehead atoms. The highest BCUT2D eigenvalue weighted by Crippen LogP contribution is 2.22. The van der Waals surface area contributed by atoms with E-state index in [4.69, 9.17) is 4.74 Å². The Bertz CT molecular complexity index is 1120. The summed E-state index contributed by atoms with van der Waals surface area (Å²) in [4.78, 5) is 27.4. The SMILES string of the molecule is CCOC(=O)c1cnn2c(=O)cc(-c3ccc4[nH]ncc4c3)[nH]c12. The molecule has 0 aliphatic heterocycles. The number of aromatic nitrogens is 5. The van der Waals surface area contributed by atoms with Crippen LogP contribution in [0.3, 0.4) is 0 Å². The van der Waals surface area contributed by atoms with Gasteiger partial charge in [-0.15, -0.1) is 0 Å². The summed E-state index contributed by atoms with van der Waals surface area (Å²) in [5.74, 6) is -0.523. The van der Waals surface area contributed by atoms with Crippen LogP contribution < -0.4 is 5.56 Å². The predicted octanol–water partition coefficient (Wildman–Crippen LogP) is 1.74. The zero-order chi connectivity index (χ0) is 16.7. The maximum Gasteiger partial charge on any atom is 0.343 e. The molecular formula is C16H13N5O3. The van der Waals surface area contributed by atoms with Gasteiger partial charge >= 0.3 is 5.97 Å². The fourth-order valence-corrected chi connectivity index (χ4v) is 2.61. The molecule has 3 heterocycles. The van der Waals surface area contributed by atoms with Gasteiger partial charge in [-0.3, -0.25) is 9.89 Å². The summed E-state index contributed by atoms with van der Waals surface area (Å²) in [6.07, 6.45) is 3.03. The van der Waals surface area contributed by atoms with Crippen molar-refractivity contribution >= 4 is 22.5 Å². The van der Waals surface area contributed by atoms with E-state index < -0.39 is 5.97 Å². The van der Waals surface area contributed by atoms with Crippen LogP contribution in [0.2, 0.25) is 0 Å². The van der Waals surface area contributed by atoms with Gasteiger partial charge in [0.2, 0.25) is 0 Å². The molecule has 0 unspecified atom stereocenters. The lowest BCUT2D eigenvalue weighted by Crippen LogP contribution is -2.15. The normalized spacial score (nSPS) is 11.2. The van der Waals surface area contributed by atoms with E-state index in [9.17, 15) is 9.59 Å². The smallest absolute Gasteiger partial charge is 0.343 e. The Morgan fingerprint density at radius 3 is 3.00 bits per heavy atom. The second-order valence-corrected chi connectivity index (χ2v) is 5.23. The molecule has 0 aliphatic rings. The highest BCUT2D eigenvalue weighted by Gasteiger charge is 2.17. The minimum Gasteiger partial charge on any atom is -0.462 e. The lowest BCUT2D eigenvalue weighted by Gasteiger charge is -2.05. The maximum absolute atomic E-state index is 12.3. The fraction of sp³-hybridized carbons (Fsp3) is 0.125. The number of H-pyrrole nitrogens is 2. The molecule has 0 fully saturated rings. The van der Waals surface area contributed by atoms with E-state index in [0.717, 1.165) is 21.0 Å². The minimum absolute atomic E-state index is 0.222. The van der Waals surface area contributed by atoms with Crippen molar-refractivity contribution in [2.45, 2.75) is 6.92 Å². The lowest BCUT2D eigenvalue weighted by atomic mass is 10.1. The van der Waals surface area contributed by atoms with E-state index in [-0.39, 0.29) is 17.7 Å². The Balaban J connectivity index is 1.91. The van der Waals surface area contributed by atoms with E-state index in [1.165, 1.54) is 12.3 Å². The molecular weight excluding hydrogens is 310 g/mol. The van der Waals surface area contributed by atoms with Crippen LogP contribution in [-0.2, 0) is 4.74 Å². The van der Waals surface area contributed by atoms with Crippen LogP contribution in [0.25, 0.3) is 27.8 Å². The summed E-state index contributed by atoms with van der Waals surface area (Å²) in [6.45, 7) is 1.97. The second-order valence-electron chi connectivity index (χ2n) is 5.23. The van der Waals surface area contributed by atoms with Gasteiger partial charge in [-0.1, -0.05) is 6.07 Å². The van der Waals surface area contributed by atoms with Gasteiger partial charge in [-0.25, -0.2) is 4.79 Å². The molecule has 120 valence electrons. The summed E-state index contributed by atoms with van der Waals surface area (Å²) in [7, 11) is 0. The number of carbonyl (C=O) groups excluding carboxylic acids is 1. The van der Waals surface area contributed by atoms with Gasteiger partial charge in [0, 0.05) is 11.5 Å². The summed E-state index contributed by atoms with van der Waals surface area (Å²) in [5.41, 5.74) is 2.49. The van der Waals surface area contributed by atoms with E-state index in [1.807, 2.05) is 18.2 Å². The van der Waals surface area contributed by atoms with Gasteiger partial charge < -0.3 is 9.72 Å². The Labute approximate surface area is 135 Å². The van der Waals surface area contributed by atoms with Crippen LogP contribution >= 0.6 is 0 Å². The van der Waals surface area contributed by atoms with Gasteiger partial charge in [0.05, 0.1) is 30.2 Å². The summed E-state index contributed by atoms with van der Waals surface area (Å²) in [5, 5.41) is 11.7. The third kappa shape index (κ3) is 2.16. The molecule has 2 N–H and O–H groups in total. The summed E-state index contributed by atoms with van der Waals surface area (Å²) < 4.78 is 6.15. The van der Waals surface area contributed by atoms with Crippen LogP contribution in [0.15, 0.2) is 41.5 Å². The molecule has 0 radical (unpaired) electrons. The first-order chi connectivity index (χ1) is 11.7. The Hall–Kier alpha value is -3.42. The van der Waals surface area contributed by atoms with E-state index in [1.54, 1.807) is 13.1 Å². The molecule has 0 spiro atoms. The molecule has 8 nitrogen and oxygen atoms in total. The first kappa shape index (κ1) is 14.2. The van der Waals surface area contributed by atoms with E-state index >= 15 is 0 Å². The third-order valence-corrected chi connectivity index (χ3v) is 3.75. The lowest BCUT2D eigenvalue weighted by molar-refractivity contribution is 0.0528. The average molecular weight is 323 g/mol. The molecule has 8 heteroatoms. The maximum atomic E-state index is 12.3. The third-order valence-electron chi connectivity index (χ3n) is 3.75. The Morgan fingerprint density at radius 1 is 1.29 bits per heavy atom. The molecule has 0 amide bonds. The molecule has 0 saturated heterocycles. The molecule has 4 aromatic rings. The monoisotopic (exact) mass is 323 g/mol. The quantitative estimate of drug-likeness (QED) is 0.559. The fourth-order valence-electron chi connectivity index (χ4n) is 2.61. The molecule has 0 atom stereocenters. The Morgan fingerprint density at radius 2 is 2.17 bits per heavy atom. The zero-order valence-electron chi connectivity index (χ0n) is 12.7. The number of hydrogen-bond donors (Lipinski definition) is 2. The van der Waals surface area contributed by atoms with E-state index in [0.29, 0.717) is 11.3 Å². The van der Waals surface area contributed by atoms with Crippen LogP contribution in [0, 0.1) is 0 Å². The van der Waals surface area contributed by atoms with Crippen LogP contribution in [0.5, 0.6) is 0 Å². The van der Waals surface area contributed by atoms with Crippen molar-refractivity contribution in [3.8, 4) is 11.3 Å². The molecule has 4 rings (SSSR count). The number of benzene rings is 1. The summed E-state index contributed by atoms with van der Waals surface area (Å²) >= 11 is 0. The highest BCUT2D eigenvalue weighted by molar-refractivity contribution is 5.96. The number of rotatable bonds is 3. The van der Waals surface area contributed by atoms with Crippen LogP contribution in [0.1, 0.15) is 17.3 Å². The first-order valence-electron chi connectivity index (χ1n) is 7.39. The van der Waals surface area contributed by atoms with Crippen molar-refractivity contribution in [1.29, 1.82) is 0 Å². The van der Waals surface area contributed by atoms with Crippen molar-refractivity contribution in [3.63, 3.8) is 0 Å². The molecule has 3 aromatic heterocycles. The largest absolute Gasteiger partial charge is 0.462 e. The molecule has 24 heavy (non-hydrogen) atoms. The van der Waals surface area contributed by atoms with Crippen molar-refractivity contribution in [3.05, 3.63) is 52.6 Å². The Kier molecular flexibility index (Phi) is 3.16. The second kappa shape index (κ2) is 5.34. The number of ether oxygens (including phenoxy) is 1. The topological polar surface area (TPSA) is 105 Å². The highest BCUT2D eigenvalue weighted by atomic mass is 16.5. The number of fused-ring (bicyclic) bond motifs is 2. The number of hydrogen-bond acceptors (Lipinski definition) is 5. The molecule has 0 saturated carbocycles. The van der Waals surface area contributed by atoms with Crippen LogP contribution in [-0.4, -0.2) is 37.4 Å². The number of nitrogens with zero attached hydrogens (tertiary/aromatic N) is 3. The van der Waals surface area contributed by atoms with Crippen molar-refractivity contribution in [2.24, 2.45) is 0 Å². The van der Waals surface area contributed by atoms with E-state index in [2.05, 4.69) is 20.3 Å². The van der Waals surface area contributed by atoms with Gasteiger partial charge in [-0.05, 0) is 24.6 Å². The van der Waals surface area contributed by atoms with Gasteiger partial charge in [0.15, 0.2) is 5.65 Å².